The van der Waals surface area contributed by atoms with Crippen LogP contribution in [0.15, 0.2) is 72.9 Å². The van der Waals surface area contributed by atoms with E-state index in [0.717, 1.165) is 22.9 Å². The minimum atomic E-state index is -0.0680. The summed E-state index contributed by atoms with van der Waals surface area (Å²) in [6.45, 7) is 1.11. The lowest BCUT2D eigenvalue weighted by atomic mass is 10.1. The zero-order valence-corrected chi connectivity index (χ0v) is 15.7. The summed E-state index contributed by atoms with van der Waals surface area (Å²) in [6, 6.07) is 20.7. The van der Waals surface area contributed by atoms with Crippen molar-refractivity contribution in [3.05, 3.63) is 78.5 Å². The number of hydrogen-bond acceptors (Lipinski definition) is 5. The Bertz CT molecular complexity index is 866. The third kappa shape index (κ3) is 6.02. The topological polar surface area (TPSA) is 72.5 Å². The number of amides is 1. The van der Waals surface area contributed by atoms with Gasteiger partial charge in [0.1, 0.15) is 23.9 Å². The van der Waals surface area contributed by atoms with Gasteiger partial charge in [-0.25, -0.2) is 4.98 Å². The number of nitrogens with one attached hydrogen (secondary N) is 2. The van der Waals surface area contributed by atoms with Crippen molar-refractivity contribution in [1.82, 2.24) is 4.98 Å². The first-order chi connectivity index (χ1) is 13.7. The van der Waals surface area contributed by atoms with Gasteiger partial charge >= 0.3 is 0 Å². The molecule has 1 aromatic heterocycles. The zero-order chi connectivity index (χ0) is 19.6. The van der Waals surface area contributed by atoms with E-state index in [-0.39, 0.29) is 5.91 Å². The molecule has 0 spiro atoms. The first-order valence-electron chi connectivity index (χ1n) is 9.03. The highest BCUT2D eigenvalue weighted by Crippen LogP contribution is 2.17. The van der Waals surface area contributed by atoms with E-state index in [0.29, 0.717) is 25.3 Å². The average Bonchev–Trinajstić information content (AvgIpc) is 2.73. The van der Waals surface area contributed by atoms with Gasteiger partial charge in [0.15, 0.2) is 0 Å². The van der Waals surface area contributed by atoms with Crippen LogP contribution in [0.4, 0.5) is 11.5 Å². The molecule has 0 saturated heterocycles. The number of carbonyl (C=O) groups excluding carboxylic acids is 1. The van der Waals surface area contributed by atoms with Crippen molar-refractivity contribution >= 4 is 17.4 Å². The quantitative estimate of drug-likeness (QED) is 0.556. The van der Waals surface area contributed by atoms with E-state index in [1.54, 1.807) is 13.3 Å². The standard InChI is InChI=1S/C22H23N3O3/c1-27-19-8-10-20(11-9-19)28-14-13-23-21-12-7-18(16-24-21)25-22(26)15-17-5-3-2-4-6-17/h2-12,16H,13-15H2,1H3,(H,23,24)(H,25,26). The number of methoxy groups -OCH3 is 1. The highest BCUT2D eigenvalue weighted by Gasteiger charge is 2.04. The van der Waals surface area contributed by atoms with Crippen molar-refractivity contribution in [2.24, 2.45) is 0 Å². The Hall–Kier alpha value is -3.54. The molecule has 0 saturated carbocycles. The summed E-state index contributed by atoms with van der Waals surface area (Å²) in [5.74, 6) is 2.23. The third-order valence-electron chi connectivity index (χ3n) is 3.99. The molecule has 0 unspecified atom stereocenters. The highest BCUT2D eigenvalue weighted by atomic mass is 16.5. The van der Waals surface area contributed by atoms with Crippen molar-refractivity contribution in [3.63, 3.8) is 0 Å². The van der Waals surface area contributed by atoms with Crippen LogP contribution in [0.3, 0.4) is 0 Å². The summed E-state index contributed by atoms with van der Waals surface area (Å²) in [5.41, 5.74) is 1.64. The molecular weight excluding hydrogens is 354 g/mol. The van der Waals surface area contributed by atoms with E-state index in [1.807, 2.05) is 66.7 Å². The maximum atomic E-state index is 12.1. The van der Waals surface area contributed by atoms with E-state index in [2.05, 4.69) is 15.6 Å². The van der Waals surface area contributed by atoms with Crippen molar-refractivity contribution in [2.75, 3.05) is 30.9 Å². The third-order valence-corrected chi connectivity index (χ3v) is 3.99. The number of anilines is 2. The van der Waals surface area contributed by atoms with Gasteiger partial charge in [0.25, 0.3) is 0 Å². The molecule has 0 aliphatic carbocycles. The Morgan fingerprint density at radius 2 is 1.71 bits per heavy atom. The minimum absolute atomic E-state index is 0.0680. The molecular formula is C22H23N3O3. The molecule has 2 N–H and O–H groups in total. The van der Waals surface area contributed by atoms with Crippen molar-refractivity contribution in [2.45, 2.75) is 6.42 Å². The first-order valence-corrected chi connectivity index (χ1v) is 9.03. The molecule has 0 aliphatic rings. The van der Waals surface area contributed by atoms with Gasteiger partial charge in [0.2, 0.25) is 5.91 Å². The van der Waals surface area contributed by atoms with E-state index in [4.69, 9.17) is 9.47 Å². The van der Waals surface area contributed by atoms with Gasteiger partial charge in [-0.15, -0.1) is 0 Å². The molecule has 6 heteroatoms. The predicted octanol–water partition coefficient (Wildman–Crippen LogP) is 3.76. The van der Waals surface area contributed by atoms with Crippen LogP contribution in [-0.4, -0.2) is 31.2 Å². The molecule has 6 nitrogen and oxygen atoms in total. The Morgan fingerprint density at radius 1 is 0.964 bits per heavy atom. The number of nitrogens with zero attached hydrogens (tertiary/aromatic N) is 1. The van der Waals surface area contributed by atoms with Gasteiger partial charge in [-0.1, -0.05) is 30.3 Å². The van der Waals surface area contributed by atoms with Gasteiger partial charge in [-0.05, 0) is 42.0 Å². The van der Waals surface area contributed by atoms with E-state index < -0.39 is 0 Å². The second-order valence-electron chi connectivity index (χ2n) is 6.09. The van der Waals surface area contributed by atoms with Crippen LogP contribution in [0, 0.1) is 0 Å². The van der Waals surface area contributed by atoms with Crippen LogP contribution in [-0.2, 0) is 11.2 Å². The van der Waals surface area contributed by atoms with Gasteiger partial charge < -0.3 is 20.1 Å². The van der Waals surface area contributed by atoms with Crippen LogP contribution in [0.2, 0.25) is 0 Å². The molecule has 1 amide bonds. The molecule has 0 radical (unpaired) electrons. The molecule has 28 heavy (non-hydrogen) atoms. The van der Waals surface area contributed by atoms with Crippen LogP contribution in [0.5, 0.6) is 11.5 Å². The van der Waals surface area contributed by atoms with Crippen LogP contribution < -0.4 is 20.1 Å². The summed E-state index contributed by atoms with van der Waals surface area (Å²) in [6.07, 6.45) is 1.97. The summed E-state index contributed by atoms with van der Waals surface area (Å²) in [4.78, 5) is 16.4. The van der Waals surface area contributed by atoms with Gasteiger partial charge in [-0.3, -0.25) is 4.79 Å². The SMILES string of the molecule is COc1ccc(OCCNc2ccc(NC(=O)Cc3ccccc3)cn2)cc1. The second-order valence-corrected chi connectivity index (χ2v) is 6.09. The second kappa shape index (κ2) is 9.97. The molecule has 0 aliphatic heterocycles. The summed E-state index contributed by atoms with van der Waals surface area (Å²) in [7, 11) is 1.63. The lowest BCUT2D eigenvalue weighted by Crippen LogP contribution is -2.15. The molecule has 144 valence electrons. The van der Waals surface area contributed by atoms with Crippen LogP contribution in [0.1, 0.15) is 5.56 Å². The molecule has 0 bridgehead atoms. The largest absolute Gasteiger partial charge is 0.497 e. The number of carbonyl (C=O) groups is 1. The first kappa shape index (κ1) is 19.2. The van der Waals surface area contributed by atoms with E-state index in [1.165, 1.54) is 0 Å². The highest BCUT2D eigenvalue weighted by molar-refractivity contribution is 5.92. The van der Waals surface area contributed by atoms with E-state index in [9.17, 15) is 4.79 Å². The fraction of sp³-hybridized carbons (Fsp3) is 0.182. The number of ether oxygens (including phenoxy) is 2. The maximum Gasteiger partial charge on any atom is 0.228 e. The normalized spacial score (nSPS) is 10.2. The average molecular weight is 377 g/mol. The van der Waals surface area contributed by atoms with Crippen LogP contribution in [0.25, 0.3) is 0 Å². The van der Waals surface area contributed by atoms with Gasteiger partial charge in [0.05, 0.1) is 32.0 Å². The minimum Gasteiger partial charge on any atom is -0.497 e. The summed E-state index contributed by atoms with van der Waals surface area (Å²) < 4.78 is 10.8. The Balaban J connectivity index is 1.39. The fourth-order valence-corrected chi connectivity index (χ4v) is 2.58. The number of rotatable bonds is 9. The number of pyridine rings is 1. The Morgan fingerprint density at radius 3 is 2.39 bits per heavy atom. The zero-order valence-electron chi connectivity index (χ0n) is 15.7. The smallest absolute Gasteiger partial charge is 0.228 e. The van der Waals surface area contributed by atoms with Crippen molar-refractivity contribution in [3.8, 4) is 11.5 Å². The van der Waals surface area contributed by atoms with Gasteiger partial charge in [-0.2, -0.15) is 0 Å². The molecule has 1 heterocycles. The lowest BCUT2D eigenvalue weighted by molar-refractivity contribution is -0.115. The predicted molar refractivity (Wildman–Crippen MR) is 110 cm³/mol. The lowest BCUT2D eigenvalue weighted by Gasteiger charge is -2.09. The summed E-state index contributed by atoms with van der Waals surface area (Å²) >= 11 is 0. The van der Waals surface area contributed by atoms with E-state index >= 15 is 0 Å². The fourth-order valence-electron chi connectivity index (χ4n) is 2.58. The number of benzene rings is 2. The molecule has 0 fully saturated rings. The van der Waals surface area contributed by atoms with Crippen LogP contribution >= 0.6 is 0 Å². The Kier molecular flexibility index (Phi) is 6.84. The molecule has 2 aromatic carbocycles. The Labute approximate surface area is 164 Å². The molecule has 0 atom stereocenters. The van der Waals surface area contributed by atoms with Gasteiger partial charge in [0, 0.05) is 0 Å². The summed E-state index contributed by atoms with van der Waals surface area (Å²) in [5, 5.41) is 6.04. The maximum absolute atomic E-state index is 12.1. The monoisotopic (exact) mass is 377 g/mol. The number of aromatic nitrogens is 1. The van der Waals surface area contributed by atoms with Crippen molar-refractivity contribution in [1.29, 1.82) is 0 Å². The number of hydrogen-bond donors (Lipinski definition) is 2. The molecule has 3 aromatic rings. The van der Waals surface area contributed by atoms with Crippen molar-refractivity contribution < 1.29 is 14.3 Å². The molecule has 3 rings (SSSR count).